The molecule has 0 saturated carbocycles. The van der Waals surface area contributed by atoms with Crippen molar-refractivity contribution in [3.63, 3.8) is 0 Å². The average Bonchev–Trinajstić information content (AvgIpc) is 2.66. The smallest absolute Gasteiger partial charge is 0.308 e. The predicted molar refractivity (Wildman–Crippen MR) is 111 cm³/mol. The Bertz CT molecular complexity index is 710. The fourth-order valence-corrected chi connectivity index (χ4v) is 3.31. The number of anilines is 2. The van der Waals surface area contributed by atoms with E-state index in [0.29, 0.717) is 0 Å². The molecule has 1 aliphatic rings. The van der Waals surface area contributed by atoms with Crippen LogP contribution in [0.15, 0.2) is 53.0 Å². The summed E-state index contributed by atoms with van der Waals surface area (Å²) >= 11 is 3.38. The summed E-state index contributed by atoms with van der Waals surface area (Å²) in [6, 6.07) is 15.3. The van der Waals surface area contributed by atoms with Crippen LogP contribution in [0.2, 0.25) is 0 Å². The quantitative estimate of drug-likeness (QED) is 0.766. The molecule has 0 bridgehead atoms. The summed E-state index contributed by atoms with van der Waals surface area (Å²) in [6.45, 7) is 8.83. The fourth-order valence-electron chi connectivity index (χ4n) is 3.04. The molecule has 1 saturated heterocycles. The van der Waals surface area contributed by atoms with Gasteiger partial charge in [0.1, 0.15) is 0 Å². The Morgan fingerprint density at radius 3 is 1.92 bits per heavy atom. The molecule has 0 aromatic heterocycles. The molecule has 5 nitrogen and oxygen atoms in total. The lowest BCUT2D eigenvalue weighted by molar-refractivity contribution is 0.132. The summed E-state index contributed by atoms with van der Waals surface area (Å²) < 4.78 is 0.982. The number of likely N-dealkylation sites (N-methyl/N-ethyl adjacent to an activating group) is 1. The molecule has 3 rings (SSSR count). The van der Waals surface area contributed by atoms with Gasteiger partial charge in [0.15, 0.2) is 0 Å². The van der Waals surface area contributed by atoms with Crippen LogP contribution in [-0.2, 0) is 6.54 Å². The van der Waals surface area contributed by atoms with Gasteiger partial charge in [-0.05, 0) is 48.5 Å². The summed E-state index contributed by atoms with van der Waals surface area (Å²) in [5, 5.41) is 5.69. The third-order valence-corrected chi connectivity index (χ3v) is 5.16. The van der Waals surface area contributed by atoms with Crippen molar-refractivity contribution in [1.82, 2.24) is 9.80 Å². The minimum atomic E-state index is -0.240. The summed E-state index contributed by atoms with van der Waals surface area (Å²) in [6.07, 6.45) is 0. The molecular formula is C20H25BrN4O. The minimum Gasteiger partial charge on any atom is -0.308 e. The first kappa shape index (κ1) is 18.9. The molecule has 0 aliphatic carbocycles. The first-order valence-corrected chi connectivity index (χ1v) is 9.79. The number of amides is 2. The normalized spacial score (nSPS) is 15.6. The Morgan fingerprint density at radius 1 is 0.885 bits per heavy atom. The number of benzene rings is 2. The van der Waals surface area contributed by atoms with Crippen molar-refractivity contribution in [2.75, 3.05) is 43.4 Å². The highest BCUT2D eigenvalue weighted by molar-refractivity contribution is 9.10. The molecule has 2 aromatic rings. The van der Waals surface area contributed by atoms with Gasteiger partial charge in [0, 0.05) is 48.6 Å². The van der Waals surface area contributed by atoms with E-state index in [1.165, 1.54) is 5.56 Å². The van der Waals surface area contributed by atoms with E-state index < -0.39 is 0 Å². The van der Waals surface area contributed by atoms with Gasteiger partial charge >= 0.3 is 6.03 Å². The highest BCUT2D eigenvalue weighted by Crippen LogP contribution is 2.16. The first-order valence-electron chi connectivity index (χ1n) is 8.99. The number of carbonyl (C=O) groups excluding carboxylic acids is 1. The van der Waals surface area contributed by atoms with Gasteiger partial charge in [0.25, 0.3) is 0 Å². The van der Waals surface area contributed by atoms with Gasteiger partial charge in [0.05, 0.1) is 0 Å². The molecule has 26 heavy (non-hydrogen) atoms. The second kappa shape index (κ2) is 9.16. The maximum Gasteiger partial charge on any atom is 0.323 e. The molecule has 1 heterocycles. The zero-order valence-electron chi connectivity index (χ0n) is 15.0. The van der Waals surface area contributed by atoms with Gasteiger partial charge in [-0.25, -0.2) is 4.79 Å². The molecule has 1 fully saturated rings. The van der Waals surface area contributed by atoms with Crippen LogP contribution in [0.5, 0.6) is 0 Å². The van der Waals surface area contributed by atoms with Crippen molar-refractivity contribution >= 4 is 33.3 Å². The van der Waals surface area contributed by atoms with Crippen LogP contribution in [-0.4, -0.2) is 48.6 Å². The van der Waals surface area contributed by atoms with E-state index in [-0.39, 0.29) is 6.03 Å². The third-order valence-electron chi connectivity index (χ3n) is 4.63. The lowest BCUT2D eigenvalue weighted by atomic mass is 10.2. The Balaban J connectivity index is 1.48. The van der Waals surface area contributed by atoms with Crippen LogP contribution in [0.1, 0.15) is 12.5 Å². The van der Waals surface area contributed by atoms with Crippen LogP contribution in [0.3, 0.4) is 0 Å². The van der Waals surface area contributed by atoms with Crippen LogP contribution in [0, 0.1) is 0 Å². The molecule has 0 atom stereocenters. The number of nitrogens with zero attached hydrogens (tertiary/aromatic N) is 2. The molecular weight excluding hydrogens is 392 g/mol. The van der Waals surface area contributed by atoms with Crippen LogP contribution in [0.25, 0.3) is 0 Å². The molecule has 0 radical (unpaired) electrons. The lowest BCUT2D eigenvalue weighted by Crippen LogP contribution is -2.45. The molecule has 2 amide bonds. The zero-order valence-corrected chi connectivity index (χ0v) is 16.6. The van der Waals surface area contributed by atoms with E-state index in [0.717, 1.165) is 55.1 Å². The monoisotopic (exact) mass is 416 g/mol. The molecule has 0 unspecified atom stereocenters. The predicted octanol–water partition coefficient (Wildman–Crippen LogP) is 4.23. The maximum atomic E-state index is 12.1. The Morgan fingerprint density at radius 2 is 1.38 bits per heavy atom. The first-order chi connectivity index (χ1) is 12.6. The van der Waals surface area contributed by atoms with Gasteiger partial charge in [-0.15, -0.1) is 0 Å². The molecule has 1 aliphatic heterocycles. The van der Waals surface area contributed by atoms with Gasteiger partial charge in [-0.2, -0.15) is 0 Å². The van der Waals surface area contributed by atoms with Crippen LogP contribution >= 0.6 is 15.9 Å². The number of carbonyl (C=O) groups is 1. The van der Waals surface area contributed by atoms with Crippen molar-refractivity contribution in [3.8, 4) is 0 Å². The van der Waals surface area contributed by atoms with E-state index in [9.17, 15) is 4.79 Å². The molecule has 138 valence electrons. The lowest BCUT2D eigenvalue weighted by Gasteiger charge is -2.34. The number of nitrogens with one attached hydrogen (secondary N) is 2. The van der Waals surface area contributed by atoms with E-state index in [4.69, 9.17) is 0 Å². The van der Waals surface area contributed by atoms with E-state index in [2.05, 4.69) is 55.4 Å². The molecule has 2 aromatic carbocycles. The van der Waals surface area contributed by atoms with Gasteiger partial charge in [0.2, 0.25) is 0 Å². The third kappa shape index (κ3) is 5.56. The molecule has 0 spiro atoms. The summed E-state index contributed by atoms with van der Waals surface area (Å²) in [5.41, 5.74) is 2.82. The Hall–Kier alpha value is -1.89. The fraction of sp³-hybridized carbons (Fsp3) is 0.350. The SMILES string of the molecule is CCN1CCN(Cc2ccc(NC(=O)Nc3ccc(Br)cc3)cc2)CC1. The van der Waals surface area contributed by atoms with Gasteiger partial charge in [-0.3, -0.25) is 4.90 Å². The van der Waals surface area contributed by atoms with Crippen LogP contribution in [0.4, 0.5) is 16.2 Å². The van der Waals surface area contributed by atoms with Crippen molar-refractivity contribution in [1.29, 1.82) is 0 Å². The standard InChI is InChI=1S/C20H25BrN4O/c1-2-24-11-13-25(14-12-24)15-16-3-7-18(8-4-16)22-20(26)23-19-9-5-17(21)6-10-19/h3-10H,2,11-15H2,1H3,(H2,22,23,26). The largest absolute Gasteiger partial charge is 0.323 e. The van der Waals surface area contributed by atoms with Crippen molar-refractivity contribution in [3.05, 3.63) is 58.6 Å². The summed E-state index contributed by atoms with van der Waals surface area (Å²) in [7, 11) is 0. The summed E-state index contributed by atoms with van der Waals surface area (Å²) in [5.74, 6) is 0. The number of rotatable bonds is 5. The van der Waals surface area contributed by atoms with Crippen molar-refractivity contribution in [2.45, 2.75) is 13.5 Å². The van der Waals surface area contributed by atoms with Crippen molar-refractivity contribution in [2.24, 2.45) is 0 Å². The average molecular weight is 417 g/mol. The van der Waals surface area contributed by atoms with Crippen molar-refractivity contribution < 1.29 is 4.79 Å². The number of halogens is 1. The number of urea groups is 1. The van der Waals surface area contributed by atoms with Crippen LogP contribution < -0.4 is 10.6 Å². The number of piperazine rings is 1. The summed E-state index contributed by atoms with van der Waals surface area (Å²) in [4.78, 5) is 17.0. The van der Waals surface area contributed by atoms with E-state index in [1.54, 1.807) is 0 Å². The maximum absolute atomic E-state index is 12.1. The second-order valence-corrected chi connectivity index (χ2v) is 7.41. The highest BCUT2D eigenvalue weighted by atomic mass is 79.9. The molecule has 2 N–H and O–H groups in total. The van der Waals surface area contributed by atoms with E-state index >= 15 is 0 Å². The van der Waals surface area contributed by atoms with Gasteiger partial charge in [-0.1, -0.05) is 35.0 Å². The Kier molecular flexibility index (Phi) is 6.66. The highest BCUT2D eigenvalue weighted by Gasteiger charge is 2.15. The number of hydrogen-bond donors (Lipinski definition) is 2. The topological polar surface area (TPSA) is 47.6 Å². The molecule has 6 heteroatoms. The zero-order chi connectivity index (χ0) is 18.4. The number of hydrogen-bond acceptors (Lipinski definition) is 3. The Labute approximate surface area is 163 Å². The van der Waals surface area contributed by atoms with E-state index in [1.807, 2.05) is 36.4 Å². The minimum absolute atomic E-state index is 0.240. The van der Waals surface area contributed by atoms with Gasteiger partial charge < -0.3 is 15.5 Å². The second-order valence-electron chi connectivity index (χ2n) is 6.49.